The number of esters is 1. The fourth-order valence-corrected chi connectivity index (χ4v) is 3.82. The lowest BCUT2D eigenvalue weighted by molar-refractivity contribution is -0.166. The minimum Gasteiger partial charge on any atom is -0.454 e. The van der Waals surface area contributed by atoms with Crippen LogP contribution in [0.2, 0.25) is 0 Å². The number of hydrogen-bond acceptors (Lipinski definition) is 3. The summed E-state index contributed by atoms with van der Waals surface area (Å²) in [6.45, 7) is 5.44. The van der Waals surface area contributed by atoms with Crippen LogP contribution in [0.3, 0.4) is 0 Å². The van der Waals surface area contributed by atoms with Gasteiger partial charge in [-0.05, 0) is 42.3 Å². The lowest BCUT2D eigenvalue weighted by Gasteiger charge is -2.41. The van der Waals surface area contributed by atoms with Gasteiger partial charge in [0.1, 0.15) is 11.4 Å². The van der Waals surface area contributed by atoms with Gasteiger partial charge in [-0.3, -0.25) is 4.79 Å². The molecular formula is C23H29ClFNO2. The van der Waals surface area contributed by atoms with Crippen molar-refractivity contribution in [3.8, 4) is 0 Å². The van der Waals surface area contributed by atoms with Gasteiger partial charge in [0, 0.05) is 38.8 Å². The Morgan fingerprint density at radius 2 is 1.82 bits per heavy atom. The van der Waals surface area contributed by atoms with E-state index in [-0.39, 0.29) is 24.2 Å². The summed E-state index contributed by atoms with van der Waals surface area (Å²) in [6.07, 6.45) is 2.35. The molecule has 1 fully saturated rings. The average Bonchev–Trinajstić information content (AvgIpc) is 2.66. The Morgan fingerprint density at radius 1 is 1.14 bits per heavy atom. The molecule has 2 aromatic rings. The molecule has 1 saturated heterocycles. The summed E-state index contributed by atoms with van der Waals surface area (Å²) in [4.78, 5) is 14.5. The molecule has 28 heavy (non-hydrogen) atoms. The topological polar surface area (TPSA) is 29.5 Å². The van der Waals surface area contributed by atoms with Crippen molar-refractivity contribution in [2.75, 3.05) is 20.1 Å². The summed E-state index contributed by atoms with van der Waals surface area (Å²) in [5.74, 6) is -0.372. The third-order valence-electron chi connectivity index (χ3n) is 5.49. The first-order chi connectivity index (χ1) is 12.9. The molecule has 0 aliphatic carbocycles. The van der Waals surface area contributed by atoms with Gasteiger partial charge < -0.3 is 9.64 Å². The van der Waals surface area contributed by atoms with Crippen LogP contribution < -0.4 is 0 Å². The van der Waals surface area contributed by atoms with E-state index in [2.05, 4.69) is 11.9 Å². The smallest absolute Gasteiger partial charge is 0.306 e. The maximum atomic E-state index is 14.4. The highest BCUT2D eigenvalue weighted by Gasteiger charge is 2.40. The van der Waals surface area contributed by atoms with E-state index in [4.69, 9.17) is 4.74 Å². The second-order valence-corrected chi connectivity index (χ2v) is 7.55. The number of rotatable bonds is 5. The van der Waals surface area contributed by atoms with Crippen LogP contribution in [0.25, 0.3) is 0 Å². The highest BCUT2D eigenvalue weighted by Crippen LogP contribution is 2.39. The summed E-state index contributed by atoms with van der Waals surface area (Å²) in [6, 6.07) is 13.4. The minimum atomic E-state index is -0.628. The number of aryl methyl sites for hydroxylation is 1. The summed E-state index contributed by atoms with van der Waals surface area (Å²) in [5, 5.41) is 0. The molecule has 3 rings (SSSR count). The summed E-state index contributed by atoms with van der Waals surface area (Å²) in [5.41, 5.74) is 2.98. The van der Waals surface area contributed by atoms with Gasteiger partial charge in [-0.2, -0.15) is 0 Å². The van der Waals surface area contributed by atoms with Crippen molar-refractivity contribution in [1.29, 1.82) is 0 Å². The van der Waals surface area contributed by atoms with Crippen molar-refractivity contribution in [1.82, 2.24) is 4.90 Å². The first kappa shape index (κ1) is 22.4. The van der Waals surface area contributed by atoms with Crippen LogP contribution in [0.5, 0.6) is 0 Å². The van der Waals surface area contributed by atoms with Crippen molar-refractivity contribution < 1.29 is 13.9 Å². The molecule has 5 heteroatoms. The van der Waals surface area contributed by atoms with Gasteiger partial charge >= 0.3 is 5.97 Å². The zero-order valence-electron chi connectivity index (χ0n) is 16.8. The molecule has 1 aliphatic rings. The average molecular weight is 406 g/mol. The lowest BCUT2D eigenvalue weighted by Crippen LogP contribution is -2.44. The molecule has 0 bridgehead atoms. The molecule has 1 heterocycles. The highest BCUT2D eigenvalue weighted by atomic mass is 35.5. The molecule has 0 spiro atoms. The molecule has 0 amide bonds. The fourth-order valence-electron chi connectivity index (χ4n) is 3.82. The summed E-state index contributed by atoms with van der Waals surface area (Å²) >= 11 is 0. The number of benzene rings is 2. The van der Waals surface area contributed by atoms with Crippen LogP contribution in [0.4, 0.5) is 4.39 Å². The number of halogens is 2. The van der Waals surface area contributed by atoms with E-state index in [1.165, 1.54) is 0 Å². The van der Waals surface area contributed by atoms with E-state index >= 15 is 0 Å². The molecule has 0 aromatic heterocycles. The molecule has 0 unspecified atom stereocenters. The van der Waals surface area contributed by atoms with Crippen molar-refractivity contribution >= 4 is 18.4 Å². The Kier molecular flexibility index (Phi) is 7.62. The van der Waals surface area contributed by atoms with Crippen LogP contribution >= 0.6 is 12.4 Å². The number of nitrogens with zero attached hydrogens (tertiary/aromatic N) is 1. The van der Waals surface area contributed by atoms with Gasteiger partial charge in [-0.15, -0.1) is 12.4 Å². The second-order valence-electron chi connectivity index (χ2n) is 7.55. The van der Waals surface area contributed by atoms with E-state index in [9.17, 15) is 9.18 Å². The van der Waals surface area contributed by atoms with Crippen molar-refractivity contribution in [3.05, 3.63) is 70.5 Å². The van der Waals surface area contributed by atoms with Gasteiger partial charge in [-0.1, -0.05) is 43.3 Å². The Balaban J connectivity index is 0.00000280. The van der Waals surface area contributed by atoms with Gasteiger partial charge in [0.2, 0.25) is 0 Å². The third-order valence-corrected chi connectivity index (χ3v) is 5.49. The Labute approximate surface area is 173 Å². The molecule has 152 valence electrons. The Bertz CT molecular complexity index is 816. The van der Waals surface area contributed by atoms with Gasteiger partial charge in [-0.25, -0.2) is 4.39 Å². The molecule has 0 saturated carbocycles. The number of ether oxygens (including phenoxy) is 1. The van der Waals surface area contributed by atoms with Gasteiger partial charge in [0.05, 0.1) is 0 Å². The molecular weight excluding hydrogens is 377 g/mol. The number of carbonyl (C=O) groups is 1. The van der Waals surface area contributed by atoms with Crippen LogP contribution in [0.1, 0.15) is 48.4 Å². The summed E-state index contributed by atoms with van der Waals surface area (Å²) in [7, 11) is 2.08. The Morgan fingerprint density at radius 3 is 2.46 bits per heavy atom. The molecule has 3 nitrogen and oxygen atoms in total. The van der Waals surface area contributed by atoms with E-state index in [0.29, 0.717) is 18.4 Å². The van der Waals surface area contributed by atoms with Crippen molar-refractivity contribution in [2.24, 2.45) is 0 Å². The van der Waals surface area contributed by atoms with Crippen LogP contribution in [0, 0.1) is 12.7 Å². The van der Waals surface area contributed by atoms with Gasteiger partial charge in [0.15, 0.2) is 0 Å². The lowest BCUT2D eigenvalue weighted by atomic mass is 9.80. The quantitative estimate of drug-likeness (QED) is 0.654. The van der Waals surface area contributed by atoms with E-state index < -0.39 is 5.60 Å². The van der Waals surface area contributed by atoms with E-state index in [1.54, 1.807) is 6.07 Å². The van der Waals surface area contributed by atoms with Gasteiger partial charge in [0.25, 0.3) is 0 Å². The predicted octanol–water partition coefficient (Wildman–Crippen LogP) is 5.02. The first-order valence-electron chi connectivity index (χ1n) is 9.67. The van der Waals surface area contributed by atoms with Crippen LogP contribution in [-0.2, 0) is 21.6 Å². The molecule has 0 N–H and O–H groups in total. The van der Waals surface area contributed by atoms with Crippen LogP contribution in [0.15, 0.2) is 42.5 Å². The number of hydrogen-bond donors (Lipinski definition) is 0. The zero-order valence-corrected chi connectivity index (χ0v) is 17.7. The first-order valence-corrected chi connectivity index (χ1v) is 9.67. The Hall–Kier alpha value is -1.91. The number of piperidine rings is 1. The zero-order chi connectivity index (χ0) is 19.4. The minimum absolute atomic E-state index is 0. The second kappa shape index (κ2) is 9.53. The van der Waals surface area contributed by atoms with E-state index in [1.807, 2.05) is 50.2 Å². The normalized spacial score (nSPS) is 16.3. The number of likely N-dealkylation sites (tertiary alicyclic amines) is 1. The molecule has 0 atom stereocenters. The highest BCUT2D eigenvalue weighted by molar-refractivity contribution is 5.85. The number of carbonyl (C=O) groups excluding carboxylic acids is 1. The maximum absolute atomic E-state index is 14.4. The fraction of sp³-hybridized carbons (Fsp3) is 0.435. The monoisotopic (exact) mass is 405 g/mol. The third kappa shape index (κ3) is 4.92. The molecule has 0 radical (unpaired) electrons. The largest absolute Gasteiger partial charge is 0.454 e. The SMILES string of the molecule is CCC(=O)OC1(c2ccccc2Cc2ccc(C)cc2F)CCN(C)CC1.Cl. The standard InChI is InChI=1S/C23H28FNO2.ClH/c1-4-22(26)27-23(11-13-25(3)14-12-23)20-8-6-5-7-18(20)16-19-10-9-17(2)15-21(19)24;/h5-10,15H,4,11-14,16H2,1-3H3;1H. The molecule has 2 aromatic carbocycles. The maximum Gasteiger partial charge on any atom is 0.306 e. The van der Waals surface area contributed by atoms with Crippen molar-refractivity contribution in [2.45, 2.75) is 45.1 Å². The van der Waals surface area contributed by atoms with Crippen molar-refractivity contribution in [3.63, 3.8) is 0 Å². The predicted molar refractivity (Wildman–Crippen MR) is 112 cm³/mol. The summed E-state index contributed by atoms with van der Waals surface area (Å²) < 4.78 is 20.5. The van der Waals surface area contributed by atoms with E-state index in [0.717, 1.165) is 42.6 Å². The molecule has 1 aliphatic heterocycles. The van der Waals surface area contributed by atoms with Crippen LogP contribution in [-0.4, -0.2) is 31.0 Å².